The van der Waals surface area contributed by atoms with Crippen LogP contribution in [0.25, 0.3) is 0 Å². The molecule has 0 aromatic rings. The lowest BCUT2D eigenvalue weighted by Crippen LogP contribution is -2.29. The third-order valence-corrected chi connectivity index (χ3v) is 9.42. The monoisotopic (exact) mass is 727 g/mol. The highest BCUT2D eigenvalue weighted by Gasteiger charge is 2.36. The summed E-state index contributed by atoms with van der Waals surface area (Å²) in [6.45, 7) is 3.60. The van der Waals surface area contributed by atoms with E-state index in [0.29, 0.717) is 25.0 Å². The van der Waals surface area contributed by atoms with E-state index in [9.17, 15) is 19.0 Å². The van der Waals surface area contributed by atoms with Gasteiger partial charge in [-0.3, -0.25) is 18.6 Å². The highest BCUT2D eigenvalue weighted by Crippen LogP contribution is 2.43. The number of epoxide rings is 1. The highest BCUT2D eigenvalue weighted by molar-refractivity contribution is 7.47. The number of allylic oxidation sites excluding steroid dienone is 4. The van der Waals surface area contributed by atoms with Crippen molar-refractivity contribution in [2.75, 3.05) is 26.4 Å². The maximum Gasteiger partial charge on any atom is 0.472 e. The average Bonchev–Trinajstić information content (AvgIpc) is 3.86. The van der Waals surface area contributed by atoms with E-state index in [1.54, 1.807) is 0 Å². The van der Waals surface area contributed by atoms with Gasteiger partial charge in [0.25, 0.3) is 0 Å². The molecule has 290 valence electrons. The molecule has 0 aromatic heterocycles. The van der Waals surface area contributed by atoms with Crippen LogP contribution in [0.4, 0.5) is 0 Å². The Kier molecular flexibility index (Phi) is 29.5. The molecule has 3 N–H and O–H groups in total. The number of ether oxygens (including phenoxy) is 3. The fourth-order valence-electron chi connectivity index (χ4n) is 5.37. The molecule has 0 aliphatic carbocycles. The molecule has 1 rings (SSSR count). The van der Waals surface area contributed by atoms with Crippen molar-refractivity contribution in [2.24, 2.45) is 5.73 Å². The molecule has 10 nitrogen and oxygen atoms in total. The van der Waals surface area contributed by atoms with Gasteiger partial charge >= 0.3 is 19.8 Å². The predicted molar refractivity (Wildman–Crippen MR) is 201 cm³/mol. The van der Waals surface area contributed by atoms with Gasteiger partial charge in [0.2, 0.25) is 0 Å². The number of carbonyl (C=O) groups is 2. The van der Waals surface area contributed by atoms with Gasteiger partial charge in [-0.25, -0.2) is 4.57 Å². The Hall–Kier alpha value is -1.81. The maximum atomic E-state index is 12.5. The lowest BCUT2D eigenvalue weighted by Gasteiger charge is -2.19. The van der Waals surface area contributed by atoms with Crippen molar-refractivity contribution in [3.05, 3.63) is 36.5 Å². The van der Waals surface area contributed by atoms with Gasteiger partial charge in [0.15, 0.2) is 6.10 Å². The smallest absolute Gasteiger partial charge is 0.462 e. The summed E-state index contributed by atoms with van der Waals surface area (Å²) < 4.78 is 38.3. The Bertz CT molecular complexity index is 987. The van der Waals surface area contributed by atoms with Crippen molar-refractivity contribution in [1.82, 2.24) is 0 Å². The Balaban J connectivity index is 2.26. The van der Waals surface area contributed by atoms with Gasteiger partial charge in [-0.1, -0.05) is 127 Å². The van der Waals surface area contributed by atoms with E-state index in [4.69, 9.17) is 29.0 Å². The number of unbranched alkanes of at least 4 members (excludes halogenated alkanes) is 14. The standard InChI is InChI=1S/C39H70NO9P/c1-3-5-7-9-11-12-13-14-17-21-25-29-38(41)45-33-35(34-47-50(43,44)46-32-31-40)48-39(42)30-26-22-18-15-16-20-24-28-37-36(49-37)27-23-19-10-8-6-4-2/h15,18-20,23-24,35-37H,3-14,16-17,21-22,25-34,40H2,1-2H3,(H,43,44)/b18-15-,23-19-,24-20-/t35-,36?,37?/m1/s1. The van der Waals surface area contributed by atoms with Crippen LogP contribution >= 0.6 is 7.82 Å². The average molecular weight is 728 g/mol. The fraction of sp³-hybridized carbons (Fsp3) is 0.795. The molecule has 0 amide bonds. The second-order valence-electron chi connectivity index (χ2n) is 13.2. The number of carbonyl (C=O) groups excluding carboxylic acids is 2. The topological polar surface area (TPSA) is 147 Å². The van der Waals surface area contributed by atoms with Crippen LogP contribution in [0.2, 0.25) is 0 Å². The molecule has 0 radical (unpaired) electrons. The molecule has 0 bridgehead atoms. The summed E-state index contributed by atoms with van der Waals surface area (Å²) in [6, 6.07) is 0. The third-order valence-electron chi connectivity index (χ3n) is 8.43. The van der Waals surface area contributed by atoms with Gasteiger partial charge in [-0.05, 0) is 51.4 Å². The van der Waals surface area contributed by atoms with E-state index in [1.165, 1.54) is 70.6 Å². The zero-order valence-electron chi connectivity index (χ0n) is 31.3. The van der Waals surface area contributed by atoms with Crippen LogP contribution in [-0.4, -0.2) is 61.5 Å². The minimum absolute atomic E-state index is 0.0426. The normalized spacial score (nSPS) is 17.8. The fourth-order valence-corrected chi connectivity index (χ4v) is 6.14. The van der Waals surface area contributed by atoms with E-state index < -0.39 is 32.5 Å². The minimum atomic E-state index is -4.39. The van der Waals surface area contributed by atoms with Gasteiger partial charge < -0.3 is 24.8 Å². The van der Waals surface area contributed by atoms with Crippen molar-refractivity contribution in [3.63, 3.8) is 0 Å². The first-order valence-corrected chi connectivity index (χ1v) is 21.1. The number of nitrogens with two attached hydrogens (primary N) is 1. The van der Waals surface area contributed by atoms with Crippen molar-refractivity contribution >= 4 is 19.8 Å². The van der Waals surface area contributed by atoms with Gasteiger partial charge in [-0.15, -0.1) is 0 Å². The highest BCUT2D eigenvalue weighted by atomic mass is 31.2. The van der Waals surface area contributed by atoms with Gasteiger partial charge in [0.05, 0.1) is 25.4 Å². The van der Waals surface area contributed by atoms with Crippen LogP contribution < -0.4 is 5.73 Å². The molecule has 3 unspecified atom stereocenters. The zero-order valence-corrected chi connectivity index (χ0v) is 32.2. The zero-order chi connectivity index (χ0) is 36.5. The molecule has 4 atom stereocenters. The SMILES string of the molecule is CCCCC/C=C\CC1OC1C/C=C\C/C=C\CCCC(=O)O[C@H](COC(=O)CCCCCCCCCCCCC)COP(=O)(O)OCCN. The predicted octanol–water partition coefficient (Wildman–Crippen LogP) is 9.59. The summed E-state index contributed by atoms with van der Waals surface area (Å²) in [5.74, 6) is -0.902. The molecular weight excluding hydrogens is 657 g/mol. The van der Waals surface area contributed by atoms with E-state index in [-0.39, 0.29) is 32.6 Å². The first-order chi connectivity index (χ1) is 24.3. The lowest BCUT2D eigenvalue weighted by atomic mass is 10.1. The number of phosphoric ester groups is 1. The molecule has 0 saturated carbocycles. The van der Waals surface area contributed by atoms with Crippen molar-refractivity contribution in [2.45, 2.75) is 173 Å². The summed E-state index contributed by atoms with van der Waals surface area (Å²) >= 11 is 0. The summed E-state index contributed by atoms with van der Waals surface area (Å²) in [6.07, 6.45) is 35.0. The van der Waals surface area contributed by atoms with Crippen molar-refractivity contribution in [1.29, 1.82) is 0 Å². The minimum Gasteiger partial charge on any atom is -0.462 e. The number of esters is 2. The van der Waals surface area contributed by atoms with Crippen molar-refractivity contribution < 1.29 is 42.3 Å². The lowest BCUT2D eigenvalue weighted by molar-refractivity contribution is -0.161. The molecule has 50 heavy (non-hydrogen) atoms. The molecule has 1 aliphatic rings. The summed E-state index contributed by atoms with van der Waals surface area (Å²) in [5.41, 5.74) is 5.33. The molecule has 1 fully saturated rings. The quantitative estimate of drug-likeness (QED) is 0.0213. The summed E-state index contributed by atoms with van der Waals surface area (Å²) in [7, 11) is -4.39. The number of hydrogen-bond acceptors (Lipinski definition) is 9. The molecule has 1 aliphatic heterocycles. The van der Waals surface area contributed by atoms with Gasteiger partial charge in [-0.2, -0.15) is 0 Å². The first kappa shape index (κ1) is 46.2. The summed E-state index contributed by atoms with van der Waals surface area (Å²) in [4.78, 5) is 34.7. The Morgan fingerprint density at radius 3 is 1.90 bits per heavy atom. The number of phosphoric acid groups is 1. The molecule has 11 heteroatoms. The largest absolute Gasteiger partial charge is 0.472 e. The Morgan fingerprint density at radius 1 is 0.700 bits per heavy atom. The van der Waals surface area contributed by atoms with Crippen LogP contribution in [0.1, 0.15) is 155 Å². The van der Waals surface area contributed by atoms with Crippen LogP contribution in [0.5, 0.6) is 0 Å². The van der Waals surface area contributed by atoms with Crippen LogP contribution in [0.15, 0.2) is 36.5 Å². The van der Waals surface area contributed by atoms with E-state index >= 15 is 0 Å². The van der Waals surface area contributed by atoms with Crippen LogP contribution in [0, 0.1) is 0 Å². The molecule has 1 heterocycles. The molecule has 0 aromatic carbocycles. The Labute approximate surface area is 303 Å². The third kappa shape index (κ3) is 28.8. The van der Waals surface area contributed by atoms with Gasteiger partial charge in [0.1, 0.15) is 6.61 Å². The van der Waals surface area contributed by atoms with Crippen LogP contribution in [-0.2, 0) is 37.4 Å². The Morgan fingerprint density at radius 2 is 1.24 bits per heavy atom. The van der Waals surface area contributed by atoms with Crippen LogP contribution in [0.3, 0.4) is 0 Å². The second-order valence-corrected chi connectivity index (χ2v) is 14.6. The number of hydrogen-bond donors (Lipinski definition) is 2. The summed E-state index contributed by atoms with van der Waals surface area (Å²) in [5, 5.41) is 0. The van der Waals surface area contributed by atoms with E-state index in [0.717, 1.165) is 44.9 Å². The molecule has 1 saturated heterocycles. The van der Waals surface area contributed by atoms with E-state index in [2.05, 4.69) is 44.2 Å². The second kappa shape index (κ2) is 31.9. The van der Waals surface area contributed by atoms with Gasteiger partial charge in [0, 0.05) is 19.4 Å². The molecular formula is C39H70NO9P. The maximum absolute atomic E-state index is 12.5. The molecule has 0 spiro atoms. The first-order valence-electron chi connectivity index (χ1n) is 19.6. The number of rotatable bonds is 35. The van der Waals surface area contributed by atoms with E-state index in [1.807, 2.05) is 6.08 Å². The van der Waals surface area contributed by atoms with Crippen molar-refractivity contribution in [3.8, 4) is 0 Å².